The van der Waals surface area contributed by atoms with Crippen molar-refractivity contribution in [1.29, 1.82) is 0 Å². The standard InChI is InChI=1S/C25H24ClN3O5/c1-34-25(33)16-9-13-19(14-10-16)29-23(31)20(26)21(24(29)32)27-18-11-7-15(8-12-18)22(30)28-17-5-3-2-4-6-17/h7-14,17,27H,2-6H2,1H3,(H,28,30). The molecule has 2 aromatic rings. The second-order valence-corrected chi connectivity index (χ2v) is 8.56. The number of esters is 1. The molecule has 8 nitrogen and oxygen atoms in total. The number of carbonyl (C=O) groups is 4. The first-order valence-corrected chi connectivity index (χ1v) is 11.4. The fourth-order valence-electron chi connectivity index (χ4n) is 4.08. The fourth-order valence-corrected chi connectivity index (χ4v) is 4.29. The number of benzene rings is 2. The molecule has 0 saturated heterocycles. The maximum atomic E-state index is 12.9. The molecular weight excluding hydrogens is 458 g/mol. The molecule has 9 heteroatoms. The number of methoxy groups -OCH3 is 1. The Hall–Kier alpha value is -3.65. The molecule has 4 rings (SSSR count). The van der Waals surface area contributed by atoms with Crippen LogP contribution < -0.4 is 15.5 Å². The Labute approximate surface area is 201 Å². The van der Waals surface area contributed by atoms with E-state index in [1.54, 1.807) is 24.3 Å². The van der Waals surface area contributed by atoms with Gasteiger partial charge < -0.3 is 15.4 Å². The maximum absolute atomic E-state index is 12.9. The Morgan fingerprint density at radius 1 is 0.912 bits per heavy atom. The first kappa shape index (κ1) is 23.5. The molecule has 0 atom stereocenters. The summed E-state index contributed by atoms with van der Waals surface area (Å²) in [5.41, 5.74) is 1.51. The predicted molar refractivity (Wildman–Crippen MR) is 128 cm³/mol. The molecule has 0 radical (unpaired) electrons. The van der Waals surface area contributed by atoms with Gasteiger partial charge in [0, 0.05) is 17.3 Å². The average Bonchev–Trinajstić information content (AvgIpc) is 3.07. The SMILES string of the molecule is COC(=O)c1ccc(N2C(=O)C(Cl)=C(Nc3ccc(C(=O)NC4CCCCC4)cc3)C2=O)cc1. The normalized spacial score (nSPS) is 16.6. The molecule has 176 valence electrons. The number of nitrogens with zero attached hydrogens (tertiary/aromatic N) is 1. The van der Waals surface area contributed by atoms with Gasteiger partial charge in [-0.3, -0.25) is 14.4 Å². The van der Waals surface area contributed by atoms with E-state index in [9.17, 15) is 19.2 Å². The van der Waals surface area contributed by atoms with Crippen LogP contribution in [-0.2, 0) is 14.3 Å². The highest BCUT2D eigenvalue weighted by Gasteiger charge is 2.39. The number of halogens is 1. The lowest BCUT2D eigenvalue weighted by Crippen LogP contribution is -2.36. The molecule has 1 aliphatic carbocycles. The molecule has 2 aliphatic rings. The third-order valence-corrected chi connectivity index (χ3v) is 6.28. The summed E-state index contributed by atoms with van der Waals surface area (Å²) in [5, 5.41) is 5.70. The van der Waals surface area contributed by atoms with Crippen LogP contribution in [0.15, 0.2) is 59.3 Å². The topological polar surface area (TPSA) is 105 Å². The Morgan fingerprint density at radius 2 is 1.53 bits per heavy atom. The van der Waals surface area contributed by atoms with Gasteiger partial charge in [0.25, 0.3) is 17.7 Å². The monoisotopic (exact) mass is 481 g/mol. The van der Waals surface area contributed by atoms with E-state index in [1.807, 2.05) is 0 Å². The lowest BCUT2D eigenvalue weighted by molar-refractivity contribution is -0.120. The largest absolute Gasteiger partial charge is 0.465 e. The lowest BCUT2D eigenvalue weighted by atomic mass is 9.95. The summed E-state index contributed by atoms with van der Waals surface area (Å²) in [5.74, 6) is -1.96. The zero-order valence-corrected chi connectivity index (χ0v) is 19.4. The van der Waals surface area contributed by atoms with Crippen molar-refractivity contribution in [2.45, 2.75) is 38.1 Å². The van der Waals surface area contributed by atoms with Crippen LogP contribution in [0, 0.1) is 0 Å². The molecule has 0 bridgehead atoms. The molecular formula is C25H24ClN3O5. The van der Waals surface area contributed by atoms with Crippen LogP contribution in [0.1, 0.15) is 52.8 Å². The van der Waals surface area contributed by atoms with E-state index < -0.39 is 17.8 Å². The third kappa shape index (κ3) is 4.82. The molecule has 3 amide bonds. The van der Waals surface area contributed by atoms with E-state index in [0.717, 1.165) is 30.6 Å². The van der Waals surface area contributed by atoms with Crippen molar-refractivity contribution in [1.82, 2.24) is 5.32 Å². The summed E-state index contributed by atoms with van der Waals surface area (Å²) in [4.78, 5) is 50.6. The van der Waals surface area contributed by atoms with E-state index >= 15 is 0 Å². The smallest absolute Gasteiger partial charge is 0.337 e. The Morgan fingerprint density at radius 3 is 2.15 bits per heavy atom. The maximum Gasteiger partial charge on any atom is 0.337 e. The second-order valence-electron chi connectivity index (χ2n) is 8.18. The number of rotatable bonds is 6. The Bertz CT molecular complexity index is 1150. The number of ether oxygens (including phenoxy) is 1. The van der Waals surface area contributed by atoms with Crippen molar-refractivity contribution in [3.05, 3.63) is 70.4 Å². The molecule has 2 N–H and O–H groups in total. The molecule has 0 aromatic heterocycles. The van der Waals surface area contributed by atoms with Crippen LogP contribution in [-0.4, -0.2) is 36.8 Å². The van der Waals surface area contributed by atoms with Gasteiger partial charge in [-0.05, 0) is 61.4 Å². The molecule has 0 spiro atoms. The summed E-state index contributed by atoms with van der Waals surface area (Å²) < 4.78 is 4.65. The molecule has 1 fully saturated rings. The van der Waals surface area contributed by atoms with Crippen molar-refractivity contribution in [2.24, 2.45) is 0 Å². The number of imide groups is 1. The van der Waals surface area contributed by atoms with E-state index in [-0.39, 0.29) is 33.9 Å². The van der Waals surface area contributed by atoms with Crippen LogP contribution in [0.25, 0.3) is 0 Å². The zero-order chi connectivity index (χ0) is 24.2. The first-order valence-electron chi connectivity index (χ1n) is 11.0. The summed E-state index contributed by atoms with van der Waals surface area (Å²) >= 11 is 6.18. The highest BCUT2D eigenvalue weighted by molar-refractivity contribution is 6.53. The second kappa shape index (κ2) is 10.1. The minimum atomic E-state index is -0.677. The number of amides is 3. The van der Waals surface area contributed by atoms with E-state index in [2.05, 4.69) is 15.4 Å². The van der Waals surface area contributed by atoms with Crippen LogP contribution in [0.4, 0.5) is 11.4 Å². The van der Waals surface area contributed by atoms with Crippen LogP contribution in [0.5, 0.6) is 0 Å². The number of nitrogens with one attached hydrogen (secondary N) is 2. The molecule has 1 saturated carbocycles. The predicted octanol–water partition coefficient (Wildman–Crippen LogP) is 3.97. The fraction of sp³-hybridized carbons (Fsp3) is 0.280. The zero-order valence-electron chi connectivity index (χ0n) is 18.6. The number of hydrogen-bond acceptors (Lipinski definition) is 6. The van der Waals surface area contributed by atoms with Gasteiger partial charge >= 0.3 is 5.97 Å². The summed E-state index contributed by atoms with van der Waals surface area (Å²) in [6.07, 6.45) is 5.46. The molecule has 2 aromatic carbocycles. The van der Waals surface area contributed by atoms with E-state index in [0.29, 0.717) is 11.3 Å². The Balaban J connectivity index is 1.44. The van der Waals surface area contributed by atoms with E-state index in [1.165, 1.54) is 37.8 Å². The van der Waals surface area contributed by atoms with Gasteiger partial charge in [-0.1, -0.05) is 30.9 Å². The van der Waals surface area contributed by atoms with Gasteiger partial charge in [0.2, 0.25) is 0 Å². The third-order valence-electron chi connectivity index (χ3n) is 5.93. The summed E-state index contributed by atoms with van der Waals surface area (Å²) in [6, 6.07) is 12.7. The van der Waals surface area contributed by atoms with Gasteiger partial charge in [-0.15, -0.1) is 0 Å². The van der Waals surface area contributed by atoms with Crippen LogP contribution >= 0.6 is 11.6 Å². The van der Waals surface area contributed by atoms with Crippen molar-refractivity contribution >= 4 is 46.7 Å². The molecule has 1 aliphatic heterocycles. The quantitative estimate of drug-likeness (QED) is 0.478. The van der Waals surface area contributed by atoms with Gasteiger partial charge in [0.1, 0.15) is 10.7 Å². The van der Waals surface area contributed by atoms with E-state index in [4.69, 9.17) is 11.6 Å². The molecule has 1 heterocycles. The number of anilines is 2. The van der Waals surface area contributed by atoms with Crippen molar-refractivity contribution in [3.8, 4) is 0 Å². The minimum Gasteiger partial charge on any atom is -0.465 e. The van der Waals surface area contributed by atoms with Crippen LogP contribution in [0.2, 0.25) is 0 Å². The van der Waals surface area contributed by atoms with Gasteiger partial charge in [0.05, 0.1) is 18.4 Å². The highest BCUT2D eigenvalue weighted by Crippen LogP contribution is 2.30. The first-order chi connectivity index (χ1) is 16.4. The van der Waals surface area contributed by atoms with Crippen molar-refractivity contribution in [3.63, 3.8) is 0 Å². The van der Waals surface area contributed by atoms with Gasteiger partial charge in [0.15, 0.2) is 0 Å². The summed E-state index contributed by atoms with van der Waals surface area (Å²) in [6.45, 7) is 0. The van der Waals surface area contributed by atoms with Crippen molar-refractivity contribution in [2.75, 3.05) is 17.3 Å². The summed E-state index contributed by atoms with van der Waals surface area (Å²) in [7, 11) is 1.27. The van der Waals surface area contributed by atoms with Crippen molar-refractivity contribution < 1.29 is 23.9 Å². The minimum absolute atomic E-state index is 0.0666. The Kier molecular flexibility index (Phi) is 6.98. The van der Waals surface area contributed by atoms with Crippen LogP contribution in [0.3, 0.4) is 0 Å². The van der Waals surface area contributed by atoms with Gasteiger partial charge in [-0.25, -0.2) is 9.69 Å². The van der Waals surface area contributed by atoms with Gasteiger partial charge in [-0.2, -0.15) is 0 Å². The average molecular weight is 482 g/mol. The molecule has 0 unspecified atom stereocenters. The number of carbonyl (C=O) groups excluding carboxylic acids is 4. The highest BCUT2D eigenvalue weighted by atomic mass is 35.5. The molecule has 34 heavy (non-hydrogen) atoms. The lowest BCUT2D eigenvalue weighted by Gasteiger charge is -2.22. The number of hydrogen-bond donors (Lipinski definition) is 2.